The first-order valence-corrected chi connectivity index (χ1v) is 9.04. The highest BCUT2D eigenvalue weighted by atomic mass is 19.1. The summed E-state index contributed by atoms with van der Waals surface area (Å²) in [6, 6.07) is 8.00. The molecular weight excluding hydrogens is 373 g/mol. The van der Waals surface area contributed by atoms with Gasteiger partial charge in [-0.1, -0.05) is 6.07 Å². The second-order valence-electron chi connectivity index (χ2n) is 6.69. The lowest BCUT2D eigenvalue weighted by Gasteiger charge is -2.14. The van der Waals surface area contributed by atoms with Crippen molar-refractivity contribution in [2.24, 2.45) is 0 Å². The van der Waals surface area contributed by atoms with E-state index in [0.29, 0.717) is 35.6 Å². The summed E-state index contributed by atoms with van der Waals surface area (Å²) in [4.78, 5) is 24.9. The standard InChI is InChI=1S/C20H20FN7O/c1-11(2)27-20(29)13-8-12-15(21)4-3-5-16(12)28-17(13)6-7-24-19-14(9-22)18(23)25-10-26-19/h3-5,8,10-11H,6-7H2,1-2H3,(H,27,29)(H3,23,24,25,26). The number of aromatic nitrogens is 3. The van der Waals surface area contributed by atoms with E-state index in [9.17, 15) is 14.4 Å². The maximum absolute atomic E-state index is 14.2. The van der Waals surface area contributed by atoms with Crippen molar-refractivity contribution < 1.29 is 9.18 Å². The van der Waals surface area contributed by atoms with Crippen LogP contribution in [-0.4, -0.2) is 33.4 Å². The van der Waals surface area contributed by atoms with Crippen LogP contribution in [0.15, 0.2) is 30.6 Å². The maximum atomic E-state index is 14.2. The van der Waals surface area contributed by atoms with Gasteiger partial charge < -0.3 is 16.4 Å². The second-order valence-corrected chi connectivity index (χ2v) is 6.69. The fourth-order valence-electron chi connectivity index (χ4n) is 2.87. The quantitative estimate of drug-likeness (QED) is 0.586. The first-order chi connectivity index (χ1) is 13.9. The third-order valence-corrected chi connectivity index (χ3v) is 4.19. The Labute approximate surface area is 167 Å². The zero-order valence-electron chi connectivity index (χ0n) is 16.0. The molecule has 8 nitrogen and oxygen atoms in total. The predicted octanol–water partition coefficient (Wildman–Crippen LogP) is 2.41. The Hall–Kier alpha value is -3.80. The molecule has 0 radical (unpaired) electrons. The highest BCUT2D eigenvalue weighted by Crippen LogP contribution is 2.21. The highest BCUT2D eigenvalue weighted by molar-refractivity contribution is 5.99. The van der Waals surface area contributed by atoms with Gasteiger partial charge in [-0.15, -0.1) is 0 Å². The lowest BCUT2D eigenvalue weighted by molar-refractivity contribution is 0.0942. The molecule has 0 saturated carbocycles. The summed E-state index contributed by atoms with van der Waals surface area (Å²) in [5.74, 6) is -0.369. The topological polar surface area (TPSA) is 130 Å². The lowest BCUT2D eigenvalue weighted by atomic mass is 10.1. The number of nitrogens with one attached hydrogen (secondary N) is 2. The number of benzene rings is 1. The van der Waals surface area contributed by atoms with Gasteiger partial charge in [0.2, 0.25) is 0 Å². The number of nitrogens with two attached hydrogens (primary N) is 1. The Morgan fingerprint density at radius 3 is 2.86 bits per heavy atom. The molecule has 0 aliphatic heterocycles. The van der Waals surface area contributed by atoms with E-state index in [1.807, 2.05) is 19.9 Å². The van der Waals surface area contributed by atoms with Gasteiger partial charge in [-0.25, -0.2) is 14.4 Å². The van der Waals surface area contributed by atoms with E-state index < -0.39 is 5.82 Å². The summed E-state index contributed by atoms with van der Waals surface area (Å²) >= 11 is 0. The molecule has 3 aromatic rings. The minimum Gasteiger partial charge on any atom is -0.382 e. The smallest absolute Gasteiger partial charge is 0.253 e. The van der Waals surface area contributed by atoms with E-state index in [1.165, 1.54) is 18.5 Å². The molecule has 1 amide bonds. The van der Waals surface area contributed by atoms with Gasteiger partial charge in [-0.05, 0) is 32.0 Å². The van der Waals surface area contributed by atoms with E-state index in [0.717, 1.165) is 0 Å². The third kappa shape index (κ3) is 4.38. The Balaban J connectivity index is 1.90. The molecule has 148 valence electrons. The Morgan fingerprint density at radius 2 is 2.14 bits per heavy atom. The van der Waals surface area contributed by atoms with Crippen LogP contribution < -0.4 is 16.4 Å². The van der Waals surface area contributed by atoms with Crippen LogP contribution in [0.4, 0.5) is 16.0 Å². The molecule has 0 aliphatic carbocycles. The molecule has 1 aromatic carbocycles. The molecule has 0 spiro atoms. The van der Waals surface area contributed by atoms with Crippen molar-refractivity contribution >= 4 is 28.4 Å². The summed E-state index contributed by atoms with van der Waals surface area (Å²) in [5, 5.41) is 15.3. The average molecular weight is 393 g/mol. The van der Waals surface area contributed by atoms with Gasteiger partial charge in [0.05, 0.1) is 16.8 Å². The summed E-state index contributed by atoms with van der Waals surface area (Å²) in [6.45, 7) is 4.02. The van der Waals surface area contributed by atoms with E-state index in [2.05, 4.69) is 25.6 Å². The Kier molecular flexibility index (Phi) is 5.83. The number of nitriles is 1. The summed E-state index contributed by atoms with van der Waals surface area (Å²) in [6.07, 6.45) is 1.61. The van der Waals surface area contributed by atoms with Gasteiger partial charge in [-0.3, -0.25) is 9.78 Å². The molecule has 29 heavy (non-hydrogen) atoms. The molecule has 0 bridgehead atoms. The van der Waals surface area contributed by atoms with Crippen LogP contribution in [0.2, 0.25) is 0 Å². The number of carbonyl (C=O) groups is 1. The molecule has 3 rings (SSSR count). The van der Waals surface area contributed by atoms with Crippen LogP contribution >= 0.6 is 0 Å². The van der Waals surface area contributed by atoms with Gasteiger partial charge in [-0.2, -0.15) is 5.26 Å². The number of carbonyl (C=O) groups excluding carboxylic acids is 1. The molecule has 0 fully saturated rings. The largest absolute Gasteiger partial charge is 0.382 e. The average Bonchev–Trinajstić information content (AvgIpc) is 2.67. The van der Waals surface area contributed by atoms with Crippen LogP contribution in [0.25, 0.3) is 10.9 Å². The molecule has 0 saturated heterocycles. The Morgan fingerprint density at radius 1 is 1.34 bits per heavy atom. The van der Waals surface area contributed by atoms with Crippen LogP contribution in [0.3, 0.4) is 0 Å². The van der Waals surface area contributed by atoms with Crippen molar-refractivity contribution in [2.45, 2.75) is 26.3 Å². The van der Waals surface area contributed by atoms with Gasteiger partial charge in [0.25, 0.3) is 5.91 Å². The number of halogens is 1. The van der Waals surface area contributed by atoms with Gasteiger partial charge in [0, 0.05) is 24.4 Å². The number of fused-ring (bicyclic) bond motifs is 1. The third-order valence-electron chi connectivity index (χ3n) is 4.19. The minimum absolute atomic E-state index is 0.0769. The zero-order valence-corrected chi connectivity index (χ0v) is 16.0. The number of pyridine rings is 1. The fourth-order valence-corrected chi connectivity index (χ4v) is 2.87. The summed E-state index contributed by atoms with van der Waals surface area (Å²) in [7, 11) is 0. The normalized spacial score (nSPS) is 10.7. The van der Waals surface area contributed by atoms with Gasteiger partial charge in [0.1, 0.15) is 35.4 Å². The molecular formula is C20H20FN7O. The van der Waals surface area contributed by atoms with E-state index >= 15 is 0 Å². The van der Waals surface area contributed by atoms with Gasteiger partial charge >= 0.3 is 0 Å². The summed E-state index contributed by atoms with van der Waals surface area (Å²) < 4.78 is 14.2. The van der Waals surface area contributed by atoms with Crippen molar-refractivity contribution in [3.8, 4) is 6.07 Å². The Bertz CT molecular complexity index is 1110. The number of amides is 1. The van der Waals surface area contributed by atoms with Crippen LogP contribution in [0.1, 0.15) is 35.5 Å². The lowest BCUT2D eigenvalue weighted by Crippen LogP contribution is -2.31. The fraction of sp³-hybridized carbons (Fsp3) is 0.250. The van der Waals surface area contributed by atoms with Crippen molar-refractivity contribution in [3.05, 3.63) is 53.2 Å². The number of nitrogen functional groups attached to an aromatic ring is 1. The number of anilines is 2. The van der Waals surface area contributed by atoms with Gasteiger partial charge in [0.15, 0.2) is 0 Å². The van der Waals surface area contributed by atoms with Crippen molar-refractivity contribution in [1.29, 1.82) is 5.26 Å². The second kappa shape index (κ2) is 8.48. The molecule has 4 N–H and O–H groups in total. The van der Waals surface area contributed by atoms with Crippen LogP contribution in [-0.2, 0) is 6.42 Å². The molecule has 0 unspecified atom stereocenters. The van der Waals surface area contributed by atoms with Crippen molar-refractivity contribution in [3.63, 3.8) is 0 Å². The molecule has 0 aliphatic rings. The number of nitrogens with zero attached hydrogens (tertiary/aromatic N) is 4. The molecule has 2 aromatic heterocycles. The molecule has 0 atom stereocenters. The van der Waals surface area contributed by atoms with Crippen molar-refractivity contribution in [2.75, 3.05) is 17.6 Å². The summed E-state index contributed by atoms with van der Waals surface area (Å²) in [5.41, 5.74) is 7.12. The van der Waals surface area contributed by atoms with E-state index in [-0.39, 0.29) is 28.7 Å². The van der Waals surface area contributed by atoms with E-state index in [4.69, 9.17) is 5.73 Å². The van der Waals surface area contributed by atoms with Crippen molar-refractivity contribution in [1.82, 2.24) is 20.3 Å². The number of hydrogen-bond donors (Lipinski definition) is 3. The predicted molar refractivity (Wildman–Crippen MR) is 108 cm³/mol. The number of hydrogen-bond acceptors (Lipinski definition) is 7. The zero-order chi connectivity index (χ0) is 21.0. The highest BCUT2D eigenvalue weighted by Gasteiger charge is 2.17. The molecule has 2 heterocycles. The van der Waals surface area contributed by atoms with E-state index in [1.54, 1.807) is 12.1 Å². The van der Waals surface area contributed by atoms with Crippen LogP contribution in [0, 0.1) is 17.1 Å². The first-order valence-electron chi connectivity index (χ1n) is 9.04. The van der Waals surface area contributed by atoms with Crippen LogP contribution in [0.5, 0.6) is 0 Å². The monoisotopic (exact) mass is 393 g/mol. The molecule has 9 heteroatoms. The maximum Gasteiger partial charge on any atom is 0.253 e. The number of rotatable bonds is 6. The first kappa shape index (κ1) is 19.9. The minimum atomic E-state index is -0.437. The SMILES string of the molecule is CC(C)NC(=O)c1cc2c(F)cccc2nc1CCNc1ncnc(N)c1C#N.